The Balaban J connectivity index is 1.73. The number of halogens is 2. The smallest absolute Gasteiger partial charge is 0.133 e. The van der Waals surface area contributed by atoms with E-state index in [4.69, 9.17) is 28.3 Å². The highest BCUT2D eigenvalue weighted by molar-refractivity contribution is 6.42. The van der Waals surface area contributed by atoms with E-state index in [2.05, 4.69) is 17.1 Å². The van der Waals surface area contributed by atoms with Gasteiger partial charge in [0.05, 0.1) is 21.4 Å². The van der Waals surface area contributed by atoms with Gasteiger partial charge in [-0.1, -0.05) is 30.1 Å². The van der Waals surface area contributed by atoms with Crippen molar-refractivity contribution in [2.24, 2.45) is 0 Å². The van der Waals surface area contributed by atoms with Gasteiger partial charge in [0, 0.05) is 18.0 Å². The molecule has 26 heavy (non-hydrogen) atoms. The van der Waals surface area contributed by atoms with Crippen molar-refractivity contribution in [3.8, 4) is 5.69 Å². The molecule has 0 bridgehead atoms. The predicted molar refractivity (Wildman–Crippen MR) is 109 cm³/mol. The number of likely N-dealkylation sites (tertiary alicyclic amines) is 1. The second-order valence-corrected chi connectivity index (χ2v) is 8.13. The molecule has 4 rings (SSSR count). The van der Waals surface area contributed by atoms with E-state index in [1.165, 1.54) is 50.0 Å². The zero-order valence-electron chi connectivity index (χ0n) is 15.3. The first-order valence-electron chi connectivity index (χ1n) is 9.70. The van der Waals surface area contributed by atoms with Crippen molar-refractivity contribution in [1.82, 2.24) is 14.7 Å². The van der Waals surface area contributed by atoms with Crippen molar-refractivity contribution in [2.45, 2.75) is 44.9 Å². The SMILES string of the molecule is CCN1CCC(c2nn(-c3ccc(Cl)c(Cl)c3)c3c2CCCCN3)CC1. The van der Waals surface area contributed by atoms with Gasteiger partial charge in [0.25, 0.3) is 0 Å². The van der Waals surface area contributed by atoms with E-state index in [1.54, 1.807) is 0 Å². The predicted octanol–water partition coefficient (Wildman–Crippen LogP) is 5.13. The summed E-state index contributed by atoms with van der Waals surface area (Å²) in [7, 11) is 0. The molecule has 1 fully saturated rings. The Hall–Kier alpha value is -1.23. The molecule has 3 heterocycles. The Bertz CT molecular complexity index is 778. The molecule has 0 spiro atoms. The van der Waals surface area contributed by atoms with E-state index in [9.17, 15) is 0 Å². The van der Waals surface area contributed by atoms with Crippen LogP contribution in [0.15, 0.2) is 18.2 Å². The highest BCUT2D eigenvalue weighted by atomic mass is 35.5. The van der Waals surface area contributed by atoms with E-state index in [-0.39, 0.29) is 0 Å². The Labute approximate surface area is 165 Å². The fourth-order valence-electron chi connectivity index (χ4n) is 4.18. The number of piperidine rings is 1. The fraction of sp³-hybridized carbons (Fsp3) is 0.550. The molecule has 0 radical (unpaired) electrons. The molecule has 4 nitrogen and oxygen atoms in total. The van der Waals surface area contributed by atoms with Crippen LogP contribution in [0.25, 0.3) is 5.69 Å². The standard InChI is InChI=1S/C20H26Cl2N4/c1-2-25-11-8-14(9-12-25)19-16-5-3-4-10-23-20(16)26(24-19)15-6-7-17(21)18(22)13-15/h6-7,13-14,23H,2-5,8-12H2,1H3. The summed E-state index contributed by atoms with van der Waals surface area (Å²) in [6.45, 7) is 6.72. The lowest BCUT2D eigenvalue weighted by Gasteiger charge is -2.30. The molecule has 0 saturated carbocycles. The summed E-state index contributed by atoms with van der Waals surface area (Å²) >= 11 is 12.4. The van der Waals surface area contributed by atoms with Crippen LogP contribution < -0.4 is 5.32 Å². The molecule has 6 heteroatoms. The Kier molecular flexibility index (Phi) is 5.44. The normalized spacial score (nSPS) is 19.0. The second-order valence-electron chi connectivity index (χ2n) is 7.32. The van der Waals surface area contributed by atoms with Crippen molar-refractivity contribution in [3.63, 3.8) is 0 Å². The minimum atomic E-state index is 0.551. The molecule has 0 unspecified atom stereocenters. The molecule has 0 amide bonds. The monoisotopic (exact) mass is 392 g/mol. The third-order valence-electron chi connectivity index (χ3n) is 5.73. The van der Waals surface area contributed by atoms with E-state index in [0.717, 1.165) is 31.0 Å². The van der Waals surface area contributed by atoms with Crippen molar-refractivity contribution in [1.29, 1.82) is 0 Å². The zero-order valence-corrected chi connectivity index (χ0v) is 16.8. The van der Waals surface area contributed by atoms with E-state index < -0.39 is 0 Å². The van der Waals surface area contributed by atoms with Gasteiger partial charge in [0.2, 0.25) is 0 Å². The number of fused-ring (bicyclic) bond motifs is 1. The maximum Gasteiger partial charge on any atom is 0.133 e. The van der Waals surface area contributed by atoms with Gasteiger partial charge in [-0.15, -0.1) is 0 Å². The molecule has 2 aliphatic heterocycles. The largest absolute Gasteiger partial charge is 0.370 e. The first-order valence-corrected chi connectivity index (χ1v) is 10.5. The summed E-state index contributed by atoms with van der Waals surface area (Å²) in [5.41, 5.74) is 3.67. The molecular weight excluding hydrogens is 367 g/mol. The highest BCUT2D eigenvalue weighted by Crippen LogP contribution is 2.37. The molecular formula is C20H26Cl2N4. The van der Waals surface area contributed by atoms with Crippen LogP contribution in [-0.4, -0.2) is 40.9 Å². The van der Waals surface area contributed by atoms with Crippen LogP contribution in [0.2, 0.25) is 10.0 Å². The minimum Gasteiger partial charge on any atom is -0.370 e. The molecule has 140 valence electrons. The lowest BCUT2D eigenvalue weighted by Crippen LogP contribution is -2.33. The molecule has 2 aromatic rings. The topological polar surface area (TPSA) is 33.1 Å². The van der Waals surface area contributed by atoms with Crippen LogP contribution in [-0.2, 0) is 6.42 Å². The molecule has 1 saturated heterocycles. The van der Waals surface area contributed by atoms with E-state index in [1.807, 2.05) is 22.9 Å². The summed E-state index contributed by atoms with van der Waals surface area (Å²) in [6, 6.07) is 5.76. The van der Waals surface area contributed by atoms with Crippen molar-refractivity contribution in [2.75, 3.05) is 31.5 Å². The third kappa shape index (κ3) is 3.47. The van der Waals surface area contributed by atoms with Gasteiger partial charge in [-0.2, -0.15) is 5.10 Å². The first kappa shape index (κ1) is 18.1. The minimum absolute atomic E-state index is 0.551. The van der Waals surface area contributed by atoms with Gasteiger partial charge in [-0.05, 0) is 69.9 Å². The number of anilines is 1. The average Bonchev–Trinajstić information content (AvgIpc) is 2.85. The molecule has 0 aliphatic carbocycles. The Morgan fingerprint density at radius 3 is 2.69 bits per heavy atom. The number of hydrogen-bond acceptors (Lipinski definition) is 3. The molecule has 2 aliphatic rings. The van der Waals surface area contributed by atoms with Crippen LogP contribution in [0.1, 0.15) is 49.8 Å². The lowest BCUT2D eigenvalue weighted by atomic mass is 9.90. The summed E-state index contributed by atoms with van der Waals surface area (Å²) in [4.78, 5) is 2.53. The van der Waals surface area contributed by atoms with E-state index in [0.29, 0.717) is 16.0 Å². The zero-order chi connectivity index (χ0) is 18.1. The van der Waals surface area contributed by atoms with Gasteiger partial charge in [-0.25, -0.2) is 4.68 Å². The second kappa shape index (κ2) is 7.79. The molecule has 1 aromatic heterocycles. The number of nitrogens with one attached hydrogen (secondary N) is 1. The molecule has 1 aromatic carbocycles. The Morgan fingerprint density at radius 2 is 1.96 bits per heavy atom. The van der Waals surface area contributed by atoms with Crippen molar-refractivity contribution < 1.29 is 0 Å². The van der Waals surface area contributed by atoms with Gasteiger partial charge >= 0.3 is 0 Å². The van der Waals surface area contributed by atoms with Gasteiger partial charge in [0.1, 0.15) is 5.82 Å². The van der Waals surface area contributed by atoms with Crippen LogP contribution in [0.5, 0.6) is 0 Å². The number of benzene rings is 1. The maximum absolute atomic E-state index is 6.27. The van der Waals surface area contributed by atoms with Gasteiger partial charge < -0.3 is 10.2 Å². The first-order chi connectivity index (χ1) is 12.7. The van der Waals surface area contributed by atoms with Gasteiger partial charge in [0.15, 0.2) is 0 Å². The van der Waals surface area contributed by atoms with Gasteiger partial charge in [-0.3, -0.25) is 0 Å². The number of rotatable bonds is 3. The average molecular weight is 393 g/mol. The number of nitrogens with zero attached hydrogens (tertiary/aromatic N) is 3. The van der Waals surface area contributed by atoms with Crippen LogP contribution in [0, 0.1) is 0 Å². The third-order valence-corrected chi connectivity index (χ3v) is 6.47. The van der Waals surface area contributed by atoms with Crippen LogP contribution in [0.4, 0.5) is 5.82 Å². The lowest BCUT2D eigenvalue weighted by molar-refractivity contribution is 0.220. The fourth-order valence-corrected chi connectivity index (χ4v) is 4.48. The van der Waals surface area contributed by atoms with Crippen molar-refractivity contribution in [3.05, 3.63) is 39.5 Å². The summed E-state index contributed by atoms with van der Waals surface area (Å²) < 4.78 is 2.05. The maximum atomic E-state index is 6.27. The number of aromatic nitrogens is 2. The number of hydrogen-bond donors (Lipinski definition) is 1. The molecule has 0 atom stereocenters. The van der Waals surface area contributed by atoms with Crippen LogP contribution >= 0.6 is 23.2 Å². The van der Waals surface area contributed by atoms with E-state index >= 15 is 0 Å². The summed E-state index contributed by atoms with van der Waals surface area (Å²) in [5, 5.41) is 9.85. The Morgan fingerprint density at radius 1 is 1.15 bits per heavy atom. The molecule has 1 N–H and O–H groups in total. The van der Waals surface area contributed by atoms with Crippen molar-refractivity contribution >= 4 is 29.0 Å². The highest BCUT2D eigenvalue weighted by Gasteiger charge is 2.28. The quantitative estimate of drug-likeness (QED) is 0.785. The summed E-state index contributed by atoms with van der Waals surface area (Å²) in [6.07, 6.45) is 5.90. The van der Waals surface area contributed by atoms with Crippen LogP contribution in [0.3, 0.4) is 0 Å². The summed E-state index contributed by atoms with van der Waals surface area (Å²) in [5.74, 6) is 1.70.